The van der Waals surface area contributed by atoms with Gasteiger partial charge in [-0.2, -0.15) is 0 Å². The normalized spacial score (nSPS) is 14.6. The van der Waals surface area contributed by atoms with Gasteiger partial charge in [0.2, 0.25) is 11.8 Å². The molecule has 0 bridgehead atoms. The topological polar surface area (TPSA) is 123 Å². The van der Waals surface area contributed by atoms with Crippen molar-refractivity contribution in [3.8, 4) is 0 Å². The van der Waals surface area contributed by atoms with Crippen LogP contribution in [0.25, 0.3) is 0 Å². The van der Waals surface area contributed by atoms with Crippen molar-refractivity contribution in [1.82, 2.24) is 16.0 Å². The van der Waals surface area contributed by atoms with E-state index in [0.29, 0.717) is 13.0 Å². The fourth-order valence-corrected chi connectivity index (χ4v) is 3.76. The van der Waals surface area contributed by atoms with E-state index in [9.17, 15) is 19.2 Å². The molecule has 4 atom stereocenters. The van der Waals surface area contributed by atoms with Gasteiger partial charge in [0.15, 0.2) is 0 Å². The second-order valence-corrected chi connectivity index (χ2v) is 10.8. The van der Waals surface area contributed by atoms with Crippen LogP contribution in [0, 0.1) is 11.8 Å². The number of hydrogen-bond acceptors (Lipinski definition) is 6. The highest BCUT2D eigenvalue weighted by Crippen LogP contribution is 2.17. The first kappa shape index (κ1) is 31.9. The number of benzene rings is 1. The minimum Gasteiger partial charge on any atom is -0.466 e. The molecule has 3 N–H and O–H groups in total. The molecule has 0 radical (unpaired) electrons. The van der Waals surface area contributed by atoms with Crippen LogP contribution in [-0.2, 0) is 30.3 Å². The van der Waals surface area contributed by atoms with Gasteiger partial charge in [0, 0.05) is 12.5 Å². The van der Waals surface area contributed by atoms with Gasteiger partial charge in [-0.15, -0.1) is 0 Å². The summed E-state index contributed by atoms with van der Waals surface area (Å²) in [5.41, 5.74) is 0.122. The second-order valence-electron chi connectivity index (χ2n) is 10.8. The van der Waals surface area contributed by atoms with Crippen molar-refractivity contribution in [2.75, 3.05) is 6.61 Å². The summed E-state index contributed by atoms with van der Waals surface area (Å²) in [5, 5.41) is 8.33. The average molecular weight is 520 g/mol. The lowest BCUT2D eigenvalue weighted by molar-refractivity contribution is -0.144. The molecule has 0 aliphatic carbocycles. The fraction of sp³-hybridized carbons (Fsp3) is 0.643. The predicted molar refractivity (Wildman–Crippen MR) is 143 cm³/mol. The standard InChI is InChI=1S/C28H45N3O6/c1-9-36-24(32)16-19(4)22(15-18(2)3)30-25(33)20(5)29-26(34)23(17-21-13-11-10-12-14-21)31-27(35)37-28(6,7)8/h10-14,18-20,22-23H,9,15-17H2,1-8H3,(H,29,34)(H,30,33)(H,31,35). The maximum atomic E-state index is 13.2. The Labute approximate surface area is 221 Å². The predicted octanol–water partition coefficient (Wildman–Crippen LogP) is 3.75. The molecule has 3 amide bonds. The zero-order valence-corrected chi connectivity index (χ0v) is 23.6. The van der Waals surface area contributed by atoms with Crippen LogP contribution in [-0.4, -0.2) is 54.2 Å². The molecule has 37 heavy (non-hydrogen) atoms. The van der Waals surface area contributed by atoms with E-state index in [-0.39, 0.29) is 42.6 Å². The van der Waals surface area contributed by atoms with E-state index < -0.39 is 29.7 Å². The van der Waals surface area contributed by atoms with E-state index in [1.54, 1.807) is 34.6 Å². The van der Waals surface area contributed by atoms with Crippen LogP contribution in [0.1, 0.15) is 73.8 Å². The Morgan fingerprint density at radius 2 is 1.51 bits per heavy atom. The summed E-state index contributed by atoms with van der Waals surface area (Å²) >= 11 is 0. The molecule has 0 aliphatic rings. The molecule has 0 aliphatic heterocycles. The van der Waals surface area contributed by atoms with Gasteiger partial charge in [-0.1, -0.05) is 51.1 Å². The first-order valence-corrected chi connectivity index (χ1v) is 13.0. The van der Waals surface area contributed by atoms with E-state index in [1.165, 1.54) is 0 Å². The third-order valence-electron chi connectivity index (χ3n) is 5.58. The zero-order chi connectivity index (χ0) is 28.2. The summed E-state index contributed by atoms with van der Waals surface area (Å²) in [5.74, 6) is -1.04. The Bertz CT molecular complexity index is 882. The van der Waals surface area contributed by atoms with E-state index in [4.69, 9.17) is 9.47 Å². The van der Waals surface area contributed by atoms with Gasteiger partial charge in [-0.25, -0.2) is 4.79 Å². The average Bonchev–Trinajstić information content (AvgIpc) is 2.77. The smallest absolute Gasteiger partial charge is 0.408 e. The molecule has 1 aromatic carbocycles. The van der Waals surface area contributed by atoms with E-state index >= 15 is 0 Å². The molecular formula is C28H45N3O6. The summed E-state index contributed by atoms with van der Waals surface area (Å²) in [6.45, 7) is 14.8. The first-order chi connectivity index (χ1) is 17.2. The number of ether oxygens (including phenoxy) is 2. The van der Waals surface area contributed by atoms with Crippen LogP contribution in [0.15, 0.2) is 30.3 Å². The molecule has 9 heteroatoms. The van der Waals surface area contributed by atoms with E-state index in [1.807, 2.05) is 51.1 Å². The van der Waals surface area contributed by atoms with Crippen molar-refractivity contribution < 1.29 is 28.7 Å². The molecule has 4 unspecified atom stereocenters. The van der Waals surface area contributed by atoms with Gasteiger partial charge >= 0.3 is 12.1 Å². The van der Waals surface area contributed by atoms with Crippen molar-refractivity contribution in [3.05, 3.63) is 35.9 Å². The Balaban J connectivity index is 2.91. The van der Waals surface area contributed by atoms with Crippen LogP contribution in [0.4, 0.5) is 4.79 Å². The Hall–Kier alpha value is -3.10. The van der Waals surface area contributed by atoms with Crippen molar-refractivity contribution in [1.29, 1.82) is 0 Å². The third-order valence-corrected chi connectivity index (χ3v) is 5.58. The highest BCUT2D eigenvalue weighted by Gasteiger charge is 2.29. The number of carbonyl (C=O) groups excluding carboxylic acids is 4. The van der Waals surface area contributed by atoms with E-state index in [2.05, 4.69) is 16.0 Å². The highest BCUT2D eigenvalue weighted by atomic mass is 16.6. The fourth-order valence-electron chi connectivity index (χ4n) is 3.76. The number of hydrogen-bond donors (Lipinski definition) is 3. The summed E-state index contributed by atoms with van der Waals surface area (Å²) < 4.78 is 10.4. The number of alkyl carbamates (subject to hydrolysis) is 1. The van der Waals surface area contributed by atoms with Crippen LogP contribution in [0.2, 0.25) is 0 Å². The maximum Gasteiger partial charge on any atom is 0.408 e. The van der Waals surface area contributed by atoms with Gasteiger partial charge in [0.25, 0.3) is 0 Å². The largest absolute Gasteiger partial charge is 0.466 e. The number of rotatable bonds is 13. The summed E-state index contributed by atoms with van der Waals surface area (Å²) in [7, 11) is 0. The molecule has 0 fully saturated rings. The number of nitrogens with one attached hydrogen (secondary N) is 3. The van der Waals surface area contributed by atoms with Gasteiger partial charge in [-0.3, -0.25) is 14.4 Å². The zero-order valence-electron chi connectivity index (χ0n) is 23.6. The minimum absolute atomic E-state index is 0.145. The molecule has 0 saturated carbocycles. The van der Waals surface area contributed by atoms with Crippen LogP contribution in [0.5, 0.6) is 0 Å². The molecule has 0 heterocycles. The van der Waals surface area contributed by atoms with E-state index in [0.717, 1.165) is 5.56 Å². The molecule has 0 aromatic heterocycles. The minimum atomic E-state index is -0.943. The lowest BCUT2D eigenvalue weighted by Crippen LogP contribution is -2.55. The van der Waals surface area contributed by atoms with Gasteiger partial charge < -0.3 is 25.4 Å². The molecule has 208 valence electrons. The lowest BCUT2D eigenvalue weighted by atomic mass is 9.90. The molecule has 0 saturated heterocycles. The molecule has 0 spiro atoms. The maximum absolute atomic E-state index is 13.2. The van der Waals surface area contributed by atoms with Crippen LogP contribution >= 0.6 is 0 Å². The van der Waals surface area contributed by atoms with Crippen LogP contribution < -0.4 is 16.0 Å². The number of amides is 3. The lowest BCUT2D eigenvalue weighted by Gasteiger charge is -2.28. The monoisotopic (exact) mass is 519 g/mol. The summed E-state index contributed by atoms with van der Waals surface area (Å²) in [4.78, 5) is 50.6. The second kappa shape index (κ2) is 15.2. The van der Waals surface area contributed by atoms with Crippen molar-refractivity contribution in [2.24, 2.45) is 11.8 Å². The molecule has 1 aromatic rings. The Morgan fingerprint density at radius 3 is 2.05 bits per heavy atom. The van der Waals surface area contributed by atoms with Crippen molar-refractivity contribution in [2.45, 2.75) is 98.4 Å². The molecule has 1 rings (SSSR count). The number of esters is 1. The van der Waals surface area contributed by atoms with Gasteiger partial charge in [0.1, 0.15) is 17.7 Å². The molecular weight excluding hydrogens is 474 g/mol. The van der Waals surface area contributed by atoms with Crippen molar-refractivity contribution in [3.63, 3.8) is 0 Å². The summed E-state index contributed by atoms with van der Waals surface area (Å²) in [6, 6.07) is 7.19. The first-order valence-electron chi connectivity index (χ1n) is 13.0. The summed E-state index contributed by atoms with van der Waals surface area (Å²) in [6.07, 6.45) is 0.368. The molecule has 9 nitrogen and oxygen atoms in total. The van der Waals surface area contributed by atoms with Crippen LogP contribution in [0.3, 0.4) is 0 Å². The Morgan fingerprint density at radius 1 is 0.892 bits per heavy atom. The Kier molecular flexibility index (Phi) is 13.1. The van der Waals surface area contributed by atoms with Crippen molar-refractivity contribution >= 4 is 23.9 Å². The quantitative estimate of drug-likeness (QED) is 0.341. The third kappa shape index (κ3) is 13.1. The highest BCUT2D eigenvalue weighted by molar-refractivity contribution is 5.91. The number of carbonyl (C=O) groups is 4. The van der Waals surface area contributed by atoms with Gasteiger partial charge in [-0.05, 0) is 58.4 Å². The van der Waals surface area contributed by atoms with Gasteiger partial charge in [0.05, 0.1) is 13.0 Å². The SMILES string of the molecule is CCOC(=O)CC(C)C(CC(C)C)NC(=O)C(C)NC(=O)C(Cc1ccccc1)NC(=O)OC(C)(C)C.